The van der Waals surface area contributed by atoms with Gasteiger partial charge >= 0.3 is 0 Å². The highest BCUT2D eigenvalue weighted by atomic mass is 35.5. The minimum absolute atomic E-state index is 0.0813. The number of aromatic nitrogens is 1. The highest BCUT2D eigenvalue weighted by Crippen LogP contribution is 2.17. The molecule has 0 unspecified atom stereocenters. The van der Waals surface area contributed by atoms with E-state index in [1.165, 1.54) is 0 Å². The lowest BCUT2D eigenvalue weighted by molar-refractivity contribution is 0.0993. The summed E-state index contributed by atoms with van der Waals surface area (Å²) in [6.45, 7) is 1.89. The van der Waals surface area contributed by atoms with E-state index < -0.39 is 0 Å². The van der Waals surface area contributed by atoms with Gasteiger partial charge in [-0.2, -0.15) is 0 Å². The molecule has 0 amide bonds. The maximum atomic E-state index is 12.0. The first-order valence-electron chi connectivity index (χ1n) is 5.35. The Morgan fingerprint density at radius 3 is 2.82 bits per heavy atom. The van der Waals surface area contributed by atoms with Crippen LogP contribution in [0.1, 0.15) is 21.5 Å². The molecule has 0 atom stereocenters. The standard InChI is InChI=1S/C14H12ClNO/c1-10-7-12(4-5-13(10)15)14(17)8-11-3-2-6-16-9-11/h2-7,9H,8H2,1H3. The molecule has 2 aromatic rings. The van der Waals surface area contributed by atoms with E-state index in [1.807, 2.05) is 25.1 Å². The molecule has 0 aliphatic heterocycles. The van der Waals surface area contributed by atoms with E-state index in [0.29, 0.717) is 17.0 Å². The van der Waals surface area contributed by atoms with Crippen LogP contribution in [0.4, 0.5) is 0 Å². The second kappa shape index (κ2) is 5.11. The summed E-state index contributed by atoms with van der Waals surface area (Å²) in [5.41, 5.74) is 2.53. The van der Waals surface area contributed by atoms with Crippen LogP contribution in [0.2, 0.25) is 5.02 Å². The highest BCUT2D eigenvalue weighted by Gasteiger charge is 2.08. The second-order valence-electron chi connectivity index (χ2n) is 3.93. The van der Waals surface area contributed by atoms with Crippen LogP contribution < -0.4 is 0 Å². The maximum Gasteiger partial charge on any atom is 0.167 e. The monoisotopic (exact) mass is 245 g/mol. The number of pyridine rings is 1. The number of aryl methyl sites for hydroxylation is 1. The maximum absolute atomic E-state index is 12.0. The smallest absolute Gasteiger partial charge is 0.167 e. The Balaban J connectivity index is 2.18. The molecule has 1 aromatic heterocycles. The lowest BCUT2D eigenvalue weighted by atomic mass is 10.0. The fourth-order valence-electron chi connectivity index (χ4n) is 1.61. The first-order chi connectivity index (χ1) is 8.16. The fourth-order valence-corrected chi connectivity index (χ4v) is 1.73. The molecule has 17 heavy (non-hydrogen) atoms. The molecule has 1 aromatic carbocycles. The third-order valence-corrected chi connectivity index (χ3v) is 2.99. The van der Waals surface area contributed by atoms with Crippen molar-refractivity contribution in [2.45, 2.75) is 13.3 Å². The number of rotatable bonds is 3. The van der Waals surface area contributed by atoms with Gasteiger partial charge in [-0.05, 0) is 42.3 Å². The molecule has 0 N–H and O–H groups in total. The number of benzene rings is 1. The Hall–Kier alpha value is -1.67. The summed E-state index contributed by atoms with van der Waals surface area (Å²) in [5.74, 6) is 0.0813. The number of halogens is 1. The molecule has 2 nitrogen and oxygen atoms in total. The molecule has 0 fully saturated rings. The van der Waals surface area contributed by atoms with Gasteiger partial charge in [0.1, 0.15) is 0 Å². The van der Waals surface area contributed by atoms with Crippen molar-refractivity contribution < 1.29 is 4.79 Å². The van der Waals surface area contributed by atoms with Crippen LogP contribution in [0.5, 0.6) is 0 Å². The zero-order chi connectivity index (χ0) is 12.3. The number of ketones is 1. The summed E-state index contributed by atoms with van der Waals surface area (Å²) in [4.78, 5) is 16.0. The second-order valence-corrected chi connectivity index (χ2v) is 4.33. The summed E-state index contributed by atoms with van der Waals surface area (Å²) in [6.07, 6.45) is 3.77. The lowest BCUT2D eigenvalue weighted by Gasteiger charge is -2.03. The van der Waals surface area contributed by atoms with Gasteiger partial charge in [0.15, 0.2) is 5.78 Å². The molecule has 0 saturated heterocycles. The Kier molecular flexibility index (Phi) is 3.55. The molecule has 0 aliphatic carbocycles. The zero-order valence-corrected chi connectivity index (χ0v) is 10.2. The Morgan fingerprint density at radius 2 is 2.18 bits per heavy atom. The van der Waals surface area contributed by atoms with Crippen LogP contribution in [0.3, 0.4) is 0 Å². The third kappa shape index (κ3) is 2.92. The van der Waals surface area contributed by atoms with E-state index in [9.17, 15) is 4.79 Å². The Morgan fingerprint density at radius 1 is 1.35 bits per heavy atom. The average Bonchev–Trinajstić information content (AvgIpc) is 2.34. The van der Waals surface area contributed by atoms with Crippen LogP contribution in [0, 0.1) is 6.92 Å². The van der Waals surface area contributed by atoms with Crippen LogP contribution >= 0.6 is 11.6 Å². The van der Waals surface area contributed by atoms with E-state index in [1.54, 1.807) is 24.5 Å². The molecular weight excluding hydrogens is 234 g/mol. The van der Waals surface area contributed by atoms with Gasteiger partial charge in [0.2, 0.25) is 0 Å². The quantitative estimate of drug-likeness (QED) is 0.775. The van der Waals surface area contributed by atoms with Crippen LogP contribution in [-0.2, 0) is 6.42 Å². The summed E-state index contributed by atoms with van der Waals surface area (Å²) in [7, 11) is 0. The minimum atomic E-state index is 0.0813. The van der Waals surface area contributed by atoms with Gasteiger partial charge in [0.05, 0.1) is 0 Å². The van der Waals surface area contributed by atoms with Crippen molar-refractivity contribution in [2.75, 3.05) is 0 Å². The van der Waals surface area contributed by atoms with Crippen molar-refractivity contribution >= 4 is 17.4 Å². The van der Waals surface area contributed by atoms with E-state index >= 15 is 0 Å². The van der Waals surface area contributed by atoms with Gasteiger partial charge in [-0.1, -0.05) is 17.7 Å². The molecule has 3 heteroatoms. The molecule has 0 radical (unpaired) electrons. The largest absolute Gasteiger partial charge is 0.294 e. The molecule has 1 heterocycles. The van der Waals surface area contributed by atoms with Gasteiger partial charge in [-0.25, -0.2) is 0 Å². The Bertz CT molecular complexity index is 537. The third-order valence-electron chi connectivity index (χ3n) is 2.57. The van der Waals surface area contributed by atoms with Crippen molar-refractivity contribution in [3.63, 3.8) is 0 Å². The molecule has 0 aliphatic rings. The lowest BCUT2D eigenvalue weighted by Crippen LogP contribution is -2.04. The van der Waals surface area contributed by atoms with Gasteiger partial charge in [-0.3, -0.25) is 9.78 Å². The van der Waals surface area contributed by atoms with Crippen molar-refractivity contribution in [3.8, 4) is 0 Å². The predicted octanol–water partition coefficient (Wildman–Crippen LogP) is 3.47. The normalized spacial score (nSPS) is 10.2. The number of Topliss-reactive ketones (excluding diaryl/α,β-unsaturated/α-hetero) is 1. The van der Waals surface area contributed by atoms with Gasteiger partial charge in [-0.15, -0.1) is 0 Å². The van der Waals surface area contributed by atoms with Gasteiger partial charge in [0, 0.05) is 29.4 Å². The topological polar surface area (TPSA) is 30.0 Å². The summed E-state index contributed by atoms with van der Waals surface area (Å²) >= 11 is 5.92. The van der Waals surface area contributed by atoms with Crippen LogP contribution in [0.15, 0.2) is 42.7 Å². The summed E-state index contributed by atoms with van der Waals surface area (Å²) in [5, 5.41) is 0.683. The molecule has 0 spiro atoms. The Labute approximate surface area is 105 Å². The van der Waals surface area contributed by atoms with E-state index in [4.69, 9.17) is 11.6 Å². The number of carbonyl (C=O) groups excluding carboxylic acids is 1. The van der Waals surface area contributed by atoms with Crippen molar-refractivity contribution in [3.05, 3.63) is 64.4 Å². The summed E-state index contributed by atoms with van der Waals surface area (Å²) in [6, 6.07) is 9.06. The SMILES string of the molecule is Cc1cc(C(=O)Cc2cccnc2)ccc1Cl. The summed E-state index contributed by atoms with van der Waals surface area (Å²) < 4.78 is 0. The zero-order valence-electron chi connectivity index (χ0n) is 9.48. The number of nitrogens with zero attached hydrogens (tertiary/aromatic N) is 1. The number of hydrogen-bond acceptors (Lipinski definition) is 2. The number of carbonyl (C=O) groups is 1. The van der Waals surface area contributed by atoms with Crippen molar-refractivity contribution in [2.24, 2.45) is 0 Å². The molecule has 86 valence electrons. The van der Waals surface area contributed by atoms with Crippen molar-refractivity contribution in [1.29, 1.82) is 0 Å². The minimum Gasteiger partial charge on any atom is -0.294 e. The molecule has 0 bridgehead atoms. The first-order valence-corrected chi connectivity index (χ1v) is 5.73. The fraction of sp³-hybridized carbons (Fsp3) is 0.143. The van der Waals surface area contributed by atoms with Crippen LogP contribution in [-0.4, -0.2) is 10.8 Å². The average molecular weight is 246 g/mol. The highest BCUT2D eigenvalue weighted by molar-refractivity contribution is 6.31. The van der Waals surface area contributed by atoms with Gasteiger partial charge in [0.25, 0.3) is 0 Å². The van der Waals surface area contributed by atoms with E-state index in [0.717, 1.165) is 11.1 Å². The van der Waals surface area contributed by atoms with Crippen molar-refractivity contribution in [1.82, 2.24) is 4.98 Å². The van der Waals surface area contributed by atoms with E-state index in [2.05, 4.69) is 4.98 Å². The first kappa shape index (κ1) is 11.8. The molecular formula is C14H12ClNO. The van der Waals surface area contributed by atoms with Gasteiger partial charge < -0.3 is 0 Å². The molecule has 2 rings (SSSR count). The van der Waals surface area contributed by atoms with E-state index in [-0.39, 0.29) is 5.78 Å². The predicted molar refractivity (Wildman–Crippen MR) is 68.5 cm³/mol. The van der Waals surface area contributed by atoms with Crippen LogP contribution in [0.25, 0.3) is 0 Å². The number of hydrogen-bond donors (Lipinski definition) is 0. The molecule has 0 saturated carbocycles.